The second kappa shape index (κ2) is 20.4. The predicted octanol–water partition coefficient (Wildman–Crippen LogP) is 13.9. The summed E-state index contributed by atoms with van der Waals surface area (Å²) in [5.41, 5.74) is 1.69. The van der Waals surface area contributed by atoms with Gasteiger partial charge in [-0.1, -0.05) is 226 Å². The summed E-state index contributed by atoms with van der Waals surface area (Å²) in [4.78, 5) is 0. The molecule has 3 aliphatic rings. The molecule has 0 bridgehead atoms. The molecule has 0 saturated heterocycles. The van der Waals surface area contributed by atoms with E-state index in [-0.39, 0.29) is 11.8 Å². The van der Waals surface area contributed by atoms with Crippen LogP contribution in [0.15, 0.2) is 265 Å². The van der Waals surface area contributed by atoms with Gasteiger partial charge in [0.15, 0.2) is 21.4 Å². The van der Waals surface area contributed by atoms with Crippen LogP contribution in [0.4, 0.5) is 0 Å². The van der Waals surface area contributed by atoms with E-state index in [0.29, 0.717) is 37.1 Å². The van der Waals surface area contributed by atoms with E-state index in [1.165, 1.54) is 0 Å². The van der Waals surface area contributed by atoms with E-state index in [1.54, 1.807) is 0 Å². The molecule has 324 valence electrons. The van der Waals surface area contributed by atoms with E-state index in [4.69, 9.17) is 0 Å². The number of hydrogen-bond acceptors (Lipinski definition) is 3. The molecule has 0 saturated carbocycles. The molecule has 6 heteroatoms. The lowest BCUT2D eigenvalue weighted by atomic mass is 9.95. The molecule has 3 aliphatic carbocycles. The van der Waals surface area contributed by atoms with Crippen molar-refractivity contribution in [1.82, 2.24) is 0 Å². The van der Waals surface area contributed by atoms with Crippen LogP contribution >= 0.6 is 21.4 Å². The highest BCUT2D eigenvalue weighted by Gasteiger charge is 2.40. The minimum atomic E-state index is -3.83. The van der Waals surface area contributed by atoms with E-state index < -0.39 is 21.4 Å². The van der Waals surface area contributed by atoms with Crippen LogP contribution in [0.1, 0.15) is 33.1 Å². The average Bonchev–Trinajstić information content (AvgIpc) is 3.65. The standard InChI is InChI=1S/C59H55O3P3/c1-4-5-10-28-48-29-19-20-31-50(48)45-63(60,51-33-13-8-14-34-51)54-42-55(64(61,52-35-11-6-7-12-36-52)58-40-23-26-46(2)25-17-18-27-47(58)3)44-56(43-54)65(62,53-37-15-9-16-38-53)59-41-24-32-49-30-21-22-39-57(49)59/h4-5,8-11,13-45,47-48H,2,6-7,12H2,1,3H3/b5-4-,25-17-,26-23-,27-18-,28-10?,50-45+,58-40+. The smallest absolute Gasteiger partial charge is 0.171 e. The monoisotopic (exact) mass is 904 g/mol. The summed E-state index contributed by atoms with van der Waals surface area (Å²) < 4.78 is 51.2. The molecule has 0 N–H and O–H groups in total. The SMILES string of the molecule is C=C1/C=C\C=C/C(C)/C(P(=O)(C2=CCCCC=C2)c2cc(P(=O)(/C=C3\C=CC=CC3C=C/C=C\C)c3ccccc3)cc(P(=O)(c3ccccc3)c3cccc4ccccc34)c2)=C\C=C/1. The molecule has 0 aromatic heterocycles. The van der Waals surface area contributed by atoms with E-state index >= 15 is 13.7 Å². The highest BCUT2D eigenvalue weighted by molar-refractivity contribution is 7.86. The second-order valence-corrected chi connectivity index (χ2v) is 24.7. The third-order valence-corrected chi connectivity index (χ3v) is 21.4. The van der Waals surface area contributed by atoms with Crippen LogP contribution in [-0.4, -0.2) is 0 Å². The first-order valence-electron chi connectivity index (χ1n) is 22.4. The molecular formula is C59H55O3P3. The molecule has 5 aromatic rings. The maximum Gasteiger partial charge on any atom is 0.171 e. The van der Waals surface area contributed by atoms with Crippen LogP contribution in [0.2, 0.25) is 0 Å². The van der Waals surface area contributed by atoms with Crippen molar-refractivity contribution in [3.8, 4) is 0 Å². The van der Waals surface area contributed by atoms with Crippen molar-refractivity contribution in [2.75, 3.05) is 0 Å². The lowest BCUT2D eigenvalue weighted by Crippen LogP contribution is -2.32. The van der Waals surface area contributed by atoms with E-state index in [1.807, 2.05) is 213 Å². The van der Waals surface area contributed by atoms with Crippen molar-refractivity contribution in [1.29, 1.82) is 0 Å². The van der Waals surface area contributed by atoms with E-state index in [0.717, 1.165) is 46.5 Å². The zero-order valence-electron chi connectivity index (χ0n) is 37.1. The maximum absolute atomic E-state index is 17.3. The van der Waals surface area contributed by atoms with E-state index in [9.17, 15) is 0 Å². The van der Waals surface area contributed by atoms with Gasteiger partial charge in [-0.15, -0.1) is 0 Å². The van der Waals surface area contributed by atoms with Gasteiger partial charge in [-0.3, -0.25) is 0 Å². The zero-order valence-corrected chi connectivity index (χ0v) is 39.7. The lowest BCUT2D eigenvalue weighted by Gasteiger charge is -2.30. The minimum Gasteiger partial charge on any atom is -0.309 e. The molecule has 0 spiro atoms. The molecule has 0 heterocycles. The highest BCUT2D eigenvalue weighted by atomic mass is 31.2. The van der Waals surface area contributed by atoms with Crippen molar-refractivity contribution in [3.63, 3.8) is 0 Å². The van der Waals surface area contributed by atoms with Gasteiger partial charge in [0.25, 0.3) is 0 Å². The second-order valence-electron chi connectivity index (χ2n) is 16.6. The van der Waals surface area contributed by atoms with E-state index in [2.05, 4.69) is 43.9 Å². The van der Waals surface area contributed by atoms with Crippen LogP contribution in [0.3, 0.4) is 0 Å². The Balaban J connectivity index is 1.53. The normalized spacial score (nSPS) is 23.5. The summed E-state index contributed by atoms with van der Waals surface area (Å²) in [5.74, 6) is 1.51. The molecule has 0 aliphatic heterocycles. The molecule has 0 fully saturated rings. The Morgan fingerprint density at radius 2 is 1.28 bits per heavy atom. The van der Waals surface area contributed by atoms with Crippen LogP contribution in [-0.2, 0) is 13.7 Å². The van der Waals surface area contributed by atoms with Gasteiger partial charge in [0.05, 0.1) is 0 Å². The van der Waals surface area contributed by atoms with Crippen LogP contribution in [0.25, 0.3) is 10.8 Å². The summed E-state index contributed by atoms with van der Waals surface area (Å²) >= 11 is 0. The largest absolute Gasteiger partial charge is 0.309 e. The van der Waals surface area contributed by atoms with Gasteiger partial charge >= 0.3 is 0 Å². The molecule has 8 rings (SSSR count). The van der Waals surface area contributed by atoms with Crippen molar-refractivity contribution in [3.05, 3.63) is 265 Å². The predicted molar refractivity (Wildman–Crippen MR) is 283 cm³/mol. The van der Waals surface area contributed by atoms with Crippen LogP contribution in [0.5, 0.6) is 0 Å². The van der Waals surface area contributed by atoms with Gasteiger partial charge in [-0.2, -0.15) is 0 Å². The van der Waals surface area contributed by atoms with Crippen molar-refractivity contribution >= 4 is 64.0 Å². The Labute approximate surface area is 385 Å². The fourth-order valence-electron chi connectivity index (χ4n) is 8.83. The Hall–Kier alpha value is -6.07. The minimum absolute atomic E-state index is 0.148. The summed E-state index contributed by atoms with van der Waals surface area (Å²) in [5, 5.41) is 6.60. The number of allylic oxidation sites excluding steroid dienone is 22. The first kappa shape index (κ1) is 45.5. The Kier molecular flexibility index (Phi) is 14.3. The average molecular weight is 905 g/mol. The Morgan fingerprint density at radius 3 is 2.06 bits per heavy atom. The molecule has 0 radical (unpaired) electrons. The van der Waals surface area contributed by atoms with Crippen molar-refractivity contribution < 1.29 is 13.7 Å². The summed E-state index contributed by atoms with van der Waals surface area (Å²) in [6, 6.07) is 38.9. The number of hydrogen-bond donors (Lipinski definition) is 0. The summed E-state index contributed by atoms with van der Waals surface area (Å²) in [7, 11) is -11.4. The lowest BCUT2D eigenvalue weighted by molar-refractivity contribution is 0.586. The van der Waals surface area contributed by atoms with Gasteiger partial charge < -0.3 is 13.7 Å². The molecule has 5 atom stereocenters. The van der Waals surface area contributed by atoms with Gasteiger partial charge in [0.1, 0.15) is 0 Å². The summed E-state index contributed by atoms with van der Waals surface area (Å²) in [6.45, 7) is 8.26. The Morgan fingerprint density at radius 1 is 0.615 bits per heavy atom. The number of fused-ring (bicyclic) bond motifs is 1. The zero-order chi connectivity index (χ0) is 45.3. The third kappa shape index (κ3) is 9.53. The van der Waals surface area contributed by atoms with Crippen molar-refractivity contribution in [2.45, 2.75) is 33.1 Å². The van der Waals surface area contributed by atoms with Gasteiger partial charge in [-0.25, -0.2) is 0 Å². The summed E-state index contributed by atoms with van der Waals surface area (Å²) in [6.07, 6.45) is 38.8. The number of rotatable bonds is 11. The van der Waals surface area contributed by atoms with Gasteiger partial charge in [-0.05, 0) is 72.1 Å². The highest BCUT2D eigenvalue weighted by Crippen LogP contribution is 2.64. The Bertz CT molecular complexity index is 3090. The fourth-order valence-corrected chi connectivity index (χ4v) is 17.8. The first-order valence-corrected chi connectivity index (χ1v) is 27.6. The molecule has 0 amide bonds. The first-order chi connectivity index (χ1) is 31.7. The van der Waals surface area contributed by atoms with Crippen molar-refractivity contribution in [2.24, 2.45) is 11.8 Å². The molecular weight excluding hydrogens is 850 g/mol. The quantitative estimate of drug-likeness (QED) is 0.0980. The third-order valence-electron chi connectivity index (χ3n) is 12.2. The molecule has 5 aromatic carbocycles. The number of benzene rings is 5. The molecule has 65 heavy (non-hydrogen) atoms. The maximum atomic E-state index is 17.3. The topological polar surface area (TPSA) is 51.2 Å². The molecule has 3 nitrogen and oxygen atoms in total. The fraction of sp³-hybridized carbons (Fsp3) is 0.119. The van der Waals surface area contributed by atoms with Crippen LogP contribution < -0.4 is 31.8 Å². The van der Waals surface area contributed by atoms with Crippen LogP contribution in [0, 0.1) is 11.8 Å². The van der Waals surface area contributed by atoms with Gasteiger partial charge in [0.2, 0.25) is 0 Å². The molecule has 5 unspecified atom stereocenters. The van der Waals surface area contributed by atoms with Gasteiger partial charge in [0, 0.05) is 54.3 Å².